The van der Waals surface area contributed by atoms with Crippen LogP contribution < -0.4 is 10.5 Å². The van der Waals surface area contributed by atoms with E-state index in [1.165, 1.54) is 29.4 Å². The quantitative estimate of drug-likeness (QED) is 0.875. The van der Waals surface area contributed by atoms with Gasteiger partial charge in [0.1, 0.15) is 5.82 Å². The summed E-state index contributed by atoms with van der Waals surface area (Å²) in [7, 11) is 0. The summed E-state index contributed by atoms with van der Waals surface area (Å²) in [5.74, 6) is 0.462. The summed E-state index contributed by atoms with van der Waals surface area (Å²) in [6.07, 6.45) is -0.0975. The average molecular weight is 299 g/mol. The summed E-state index contributed by atoms with van der Waals surface area (Å²) >= 11 is 2.65. The van der Waals surface area contributed by atoms with Crippen LogP contribution >= 0.6 is 23.3 Å². The first kappa shape index (κ1) is 14.1. The number of halogens is 1. The molecule has 0 saturated heterocycles. The van der Waals surface area contributed by atoms with Crippen LogP contribution in [0.15, 0.2) is 21.4 Å². The molecule has 0 radical (unpaired) electrons. The van der Waals surface area contributed by atoms with Crippen molar-refractivity contribution in [2.24, 2.45) is 0 Å². The van der Waals surface area contributed by atoms with Gasteiger partial charge in [-0.15, -0.1) is 0 Å². The minimum absolute atomic E-state index is 0.0975. The molecule has 0 aliphatic heterocycles. The Morgan fingerprint density at radius 3 is 2.74 bits per heavy atom. The van der Waals surface area contributed by atoms with Crippen LogP contribution in [0.2, 0.25) is 0 Å². The maximum absolute atomic E-state index is 13.7. The Labute approximate surface area is 119 Å². The van der Waals surface area contributed by atoms with Crippen molar-refractivity contribution in [3.05, 3.63) is 23.8 Å². The molecule has 0 aliphatic carbocycles. The predicted octanol–water partition coefficient (Wildman–Crippen LogP) is 3.51. The Hall–Kier alpha value is -1.34. The van der Waals surface area contributed by atoms with E-state index in [4.69, 9.17) is 10.5 Å². The number of rotatable bonds is 4. The highest BCUT2D eigenvalue weighted by atomic mass is 32.2. The van der Waals surface area contributed by atoms with Gasteiger partial charge in [0.2, 0.25) is 0 Å². The largest absolute Gasteiger partial charge is 0.488 e. The van der Waals surface area contributed by atoms with Gasteiger partial charge < -0.3 is 10.5 Å². The van der Waals surface area contributed by atoms with Crippen LogP contribution in [0.25, 0.3) is 0 Å². The summed E-state index contributed by atoms with van der Waals surface area (Å²) in [6.45, 7) is 5.51. The summed E-state index contributed by atoms with van der Waals surface area (Å²) in [5.41, 5.74) is 6.18. The number of aryl methyl sites for hydroxylation is 1. The lowest BCUT2D eigenvalue weighted by Gasteiger charge is -2.12. The normalized spacial score (nSPS) is 11.0. The smallest absolute Gasteiger partial charge is 0.174 e. The Bertz CT molecular complexity index is 586. The number of hydrogen-bond donors (Lipinski definition) is 1. The molecular weight excluding hydrogens is 285 g/mol. The molecule has 102 valence electrons. The second-order valence-electron chi connectivity index (χ2n) is 4.20. The molecule has 0 saturated carbocycles. The molecule has 0 unspecified atom stereocenters. The Morgan fingerprint density at radius 2 is 2.16 bits per heavy atom. The fourth-order valence-electron chi connectivity index (χ4n) is 1.40. The van der Waals surface area contributed by atoms with Crippen molar-refractivity contribution in [2.45, 2.75) is 36.1 Å². The van der Waals surface area contributed by atoms with E-state index in [9.17, 15) is 4.39 Å². The van der Waals surface area contributed by atoms with E-state index >= 15 is 0 Å². The van der Waals surface area contributed by atoms with Crippen LogP contribution in [0.4, 0.5) is 10.1 Å². The zero-order valence-electron chi connectivity index (χ0n) is 10.8. The fraction of sp³-hybridized carbons (Fsp3) is 0.333. The molecule has 2 aromatic rings. The molecule has 0 amide bonds. The van der Waals surface area contributed by atoms with Crippen LogP contribution in [0, 0.1) is 12.7 Å². The van der Waals surface area contributed by atoms with Gasteiger partial charge in [-0.05, 0) is 38.4 Å². The van der Waals surface area contributed by atoms with Crippen molar-refractivity contribution in [1.82, 2.24) is 9.36 Å². The van der Waals surface area contributed by atoms with Gasteiger partial charge in [0.05, 0.1) is 6.10 Å². The summed E-state index contributed by atoms with van der Waals surface area (Å²) in [6, 6.07) is 2.88. The van der Waals surface area contributed by atoms with Crippen molar-refractivity contribution >= 4 is 29.0 Å². The standard InChI is InChI=1S/C12H14FN3OS2/c1-6(2)17-10-5-11(9(14)4-8(10)13)18-12-15-7(3)16-19-12/h4-6H,14H2,1-3H3. The van der Waals surface area contributed by atoms with E-state index in [0.717, 1.165) is 4.34 Å². The number of nitrogens with zero attached hydrogens (tertiary/aromatic N) is 2. The highest BCUT2D eigenvalue weighted by molar-refractivity contribution is 8.01. The molecule has 2 N–H and O–H groups in total. The Balaban J connectivity index is 2.29. The number of nitrogens with two attached hydrogens (primary N) is 1. The fourth-order valence-corrected chi connectivity index (χ4v) is 3.06. The summed E-state index contributed by atoms with van der Waals surface area (Å²) in [5, 5.41) is 0. The van der Waals surface area contributed by atoms with Crippen molar-refractivity contribution < 1.29 is 9.13 Å². The minimum Gasteiger partial charge on any atom is -0.488 e. The van der Waals surface area contributed by atoms with Crippen molar-refractivity contribution in [2.75, 3.05) is 5.73 Å². The van der Waals surface area contributed by atoms with Crippen molar-refractivity contribution in [1.29, 1.82) is 0 Å². The van der Waals surface area contributed by atoms with Gasteiger partial charge in [-0.2, -0.15) is 4.37 Å². The molecule has 2 rings (SSSR count). The molecule has 1 aromatic heterocycles. The van der Waals surface area contributed by atoms with E-state index in [1.54, 1.807) is 6.07 Å². The number of nitrogen functional groups attached to an aromatic ring is 1. The van der Waals surface area contributed by atoms with E-state index in [1.807, 2.05) is 20.8 Å². The number of benzene rings is 1. The molecule has 19 heavy (non-hydrogen) atoms. The monoisotopic (exact) mass is 299 g/mol. The van der Waals surface area contributed by atoms with Crippen LogP contribution in [0.3, 0.4) is 0 Å². The van der Waals surface area contributed by atoms with Gasteiger partial charge in [-0.3, -0.25) is 0 Å². The predicted molar refractivity (Wildman–Crippen MR) is 75.3 cm³/mol. The second kappa shape index (κ2) is 5.75. The van der Waals surface area contributed by atoms with Crippen molar-refractivity contribution in [3.8, 4) is 5.75 Å². The molecule has 1 heterocycles. The number of aromatic nitrogens is 2. The summed E-state index contributed by atoms with van der Waals surface area (Å²) < 4.78 is 24.0. The Kier molecular flexibility index (Phi) is 4.26. The second-order valence-corrected chi connectivity index (χ2v) is 6.24. The van der Waals surface area contributed by atoms with E-state index in [-0.39, 0.29) is 11.9 Å². The van der Waals surface area contributed by atoms with Gasteiger partial charge in [-0.25, -0.2) is 9.37 Å². The van der Waals surface area contributed by atoms with Gasteiger partial charge in [0, 0.05) is 16.6 Å². The minimum atomic E-state index is -0.455. The van der Waals surface area contributed by atoms with Crippen LogP contribution in [-0.4, -0.2) is 15.5 Å². The van der Waals surface area contributed by atoms with E-state index < -0.39 is 5.82 Å². The van der Waals surface area contributed by atoms with E-state index in [2.05, 4.69) is 9.36 Å². The molecule has 1 aromatic carbocycles. The van der Waals surface area contributed by atoms with Gasteiger partial charge >= 0.3 is 0 Å². The first-order chi connectivity index (χ1) is 8.95. The van der Waals surface area contributed by atoms with Crippen LogP contribution in [-0.2, 0) is 0 Å². The SMILES string of the molecule is Cc1nsc(Sc2cc(OC(C)C)c(F)cc2N)n1. The third-order valence-electron chi connectivity index (χ3n) is 2.13. The number of hydrogen-bond acceptors (Lipinski definition) is 6. The molecule has 0 spiro atoms. The number of ether oxygens (including phenoxy) is 1. The lowest BCUT2D eigenvalue weighted by atomic mass is 10.3. The zero-order valence-corrected chi connectivity index (χ0v) is 12.4. The Morgan fingerprint density at radius 1 is 1.42 bits per heavy atom. The molecule has 4 nitrogen and oxygen atoms in total. The molecule has 0 aliphatic rings. The first-order valence-corrected chi connectivity index (χ1v) is 7.28. The van der Waals surface area contributed by atoms with Gasteiger partial charge in [0.25, 0.3) is 0 Å². The lowest BCUT2D eigenvalue weighted by molar-refractivity contribution is 0.230. The highest BCUT2D eigenvalue weighted by Crippen LogP contribution is 2.36. The third-order valence-corrected chi connectivity index (χ3v) is 4.05. The van der Waals surface area contributed by atoms with Crippen LogP contribution in [0.5, 0.6) is 5.75 Å². The average Bonchev–Trinajstić information content (AvgIpc) is 2.70. The van der Waals surface area contributed by atoms with Gasteiger partial charge in [-0.1, -0.05) is 11.8 Å². The number of anilines is 1. The van der Waals surface area contributed by atoms with Crippen LogP contribution in [0.1, 0.15) is 19.7 Å². The third kappa shape index (κ3) is 3.57. The highest BCUT2D eigenvalue weighted by Gasteiger charge is 2.13. The maximum atomic E-state index is 13.7. The first-order valence-electron chi connectivity index (χ1n) is 5.69. The maximum Gasteiger partial charge on any atom is 0.174 e. The molecule has 0 fully saturated rings. The zero-order chi connectivity index (χ0) is 14.0. The molecule has 0 atom stereocenters. The van der Waals surface area contributed by atoms with Crippen molar-refractivity contribution in [3.63, 3.8) is 0 Å². The molecule has 7 heteroatoms. The summed E-state index contributed by atoms with van der Waals surface area (Å²) in [4.78, 5) is 4.96. The molecule has 0 bridgehead atoms. The molecular formula is C12H14FN3OS2. The lowest BCUT2D eigenvalue weighted by Crippen LogP contribution is -2.07. The van der Waals surface area contributed by atoms with Gasteiger partial charge in [0.15, 0.2) is 15.9 Å². The van der Waals surface area contributed by atoms with E-state index in [0.29, 0.717) is 16.4 Å². The topological polar surface area (TPSA) is 61.0 Å².